The fourth-order valence-electron chi connectivity index (χ4n) is 2.81. The second-order valence-electron chi connectivity index (χ2n) is 5.77. The van der Waals surface area contributed by atoms with Crippen molar-refractivity contribution in [1.82, 2.24) is 4.72 Å². The first-order valence-corrected chi connectivity index (χ1v) is 8.62. The predicted octanol–water partition coefficient (Wildman–Crippen LogP) is 2.20. The van der Waals surface area contributed by atoms with E-state index in [2.05, 4.69) is 11.6 Å². The molecule has 1 fully saturated rings. The average Bonchev–Trinajstić information content (AvgIpc) is 2.82. The van der Waals surface area contributed by atoms with Crippen molar-refractivity contribution in [3.63, 3.8) is 0 Å². The summed E-state index contributed by atoms with van der Waals surface area (Å²) >= 11 is 0. The van der Waals surface area contributed by atoms with Crippen LogP contribution in [0.5, 0.6) is 0 Å². The molecule has 0 heterocycles. The molecule has 112 valence electrons. The normalized spacial score (nSPS) is 23.1. The largest absolute Gasteiger partial charge is 0.392 e. The van der Waals surface area contributed by atoms with E-state index in [0.29, 0.717) is 23.9 Å². The first kappa shape index (κ1) is 15.5. The van der Waals surface area contributed by atoms with Gasteiger partial charge in [-0.3, -0.25) is 0 Å². The summed E-state index contributed by atoms with van der Waals surface area (Å²) in [5.74, 6) is 1.02. The molecule has 1 saturated carbocycles. The zero-order valence-electron chi connectivity index (χ0n) is 12.1. The maximum atomic E-state index is 12.3. The molecular weight excluding hydrogens is 274 g/mol. The molecule has 0 amide bonds. The lowest BCUT2D eigenvalue weighted by molar-refractivity contribution is 0.280. The lowest BCUT2D eigenvalue weighted by Crippen LogP contribution is -2.30. The number of hydrogen-bond donors (Lipinski definition) is 2. The molecule has 0 saturated heterocycles. The minimum absolute atomic E-state index is 0.144. The molecule has 0 spiro atoms. The highest BCUT2D eigenvalue weighted by Crippen LogP contribution is 2.30. The van der Waals surface area contributed by atoms with Crippen molar-refractivity contribution in [3.05, 3.63) is 29.3 Å². The van der Waals surface area contributed by atoms with Gasteiger partial charge < -0.3 is 5.11 Å². The highest BCUT2D eigenvalue weighted by atomic mass is 32.2. The number of sulfonamides is 1. The number of hydrogen-bond acceptors (Lipinski definition) is 3. The van der Waals surface area contributed by atoms with Crippen LogP contribution < -0.4 is 4.72 Å². The number of benzene rings is 1. The van der Waals surface area contributed by atoms with Crippen molar-refractivity contribution in [2.75, 3.05) is 6.54 Å². The summed E-state index contributed by atoms with van der Waals surface area (Å²) in [6.45, 7) is 4.40. The fraction of sp³-hybridized carbons (Fsp3) is 0.600. The van der Waals surface area contributed by atoms with Crippen LogP contribution >= 0.6 is 0 Å². The zero-order valence-corrected chi connectivity index (χ0v) is 12.9. The third kappa shape index (κ3) is 3.40. The van der Waals surface area contributed by atoms with E-state index in [0.717, 1.165) is 12.0 Å². The summed E-state index contributed by atoms with van der Waals surface area (Å²) in [5, 5.41) is 9.23. The van der Waals surface area contributed by atoms with E-state index < -0.39 is 10.0 Å². The van der Waals surface area contributed by atoms with Gasteiger partial charge in [0, 0.05) is 6.54 Å². The van der Waals surface area contributed by atoms with Crippen LogP contribution in [0.1, 0.15) is 37.3 Å². The van der Waals surface area contributed by atoms with Crippen LogP contribution in [-0.2, 0) is 16.6 Å². The van der Waals surface area contributed by atoms with E-state index in [9.17, 15) is 13.5 Å². The summed E-state index contributed by atoms with van der Waals surface area (Å²) in [4.78, 5) is 0.234. The number of rotatable bonds is 5. The summed E-state index contributed by atoms with van der Waals surface area (Å²) in [5.41, 5.74) is 1.55. The quantitative estimate of drug-likeness (QED) is 0.875. The maximum absolute atomic E-state index is 12.3. The van der Waals surface area contributed by atoms with Crippen molar-refractivity contribution in [2.24, 2.45) is 11.8 Å². The molecule has 1 aliphatic rings. The van der Waals surface area contributed by atoms with Crippen molar-refractivity contribution in [3.8, 4) is 0 Å². The molecule has 20 heavy (non-hydrogen) atoms. The predicted molar refractivity (Wildman–Crippen MR) is 78.8 cm³/mol. The summed E-state index contributed by atoms with van der Waals surface area (Å²) in [7, 11) is -3.48. The fourth-order valence-corrected chi connectivity index (χ4v) is 3.96. The average molecular weight is 297 g/mol. The van der Waals surface area contributed by atoms with E-state index in [1.165, 1.54) is 12.8 Å². The number of aryl methyl sites for hydroxylation is 1. The number of aliphatic hydroxyl groups excluding tert-OH is 1. The molecule has 2 atom stereocenters. The van der Waals surface area contributed by atoms with Crippen LogP contribution in [-0.4, -0.2) is 20.1 Å². The Hall–Kier alpha value is -0.910. The molecule has 1 aromatic rings. The molecule has 0 aliphatic heterocycles. The van der Waals surface area contributed by atoms with Crippen LogP contribution in [0.2, 0.25) is 0 Å². The Labute approximate surface area is 121 Å². The smallest absolute Gasteiger partial charge is 0.240 e. The highest BCUT2D eigenvalue weighted by molar-refractivity contribution is 7.89. The van der Waals surface area contributed by atoms with E-state index in [1.807, 2.05) is 6.92 Å². The zero-order chi connectivity index (χ0) is 14.8. The van der Waals surface area contributed by atoms with Crippen molar-refractivity contribution < 1.29 is 13.5 Å². The van der Waals surface area contributed by atoms with Gasteiger partial charge in [0.05, 0.1) is 11.5 Å². The maximum Gasteiger partial charge on any atom is 0.240 e. The molecule has 4 nitrogen and oxygen atoms in total. The topological polar surface area (TPSA) is 66.4 Å². The van der Waals surface area contributed by atoms with Gasteiger partial charge in [-0.2, -0.15) is 0 Å². The van der Waals surface area contributed by atoms with Crippen LogP contribution in [0, 0.1) is 18.8 Å². The van der Waals surface area contributed by atoms with Crippen molar-refractivity contribution in [2.45, 2.75) is 44.6 Å². The Morgan fingerprint density at radius 1 is 1.35 bits per heavy atom. The monoisotopic (exact) mass is 297 g/mol. The van der Waals surface area contributed by atoms with Gasteiger partial charge in [-0.1, -0.05) is 25.8 Å². The molecule has 2 N–H and O–H groups in total. The molecule has 0 radical (unpaired) electrons. The Morgan fingerprint density at radius 2 is 2.10 bits per heavy atom. The first-order chi connectivity index (χ1) is 9.44. The Balaban J connectivity index is 2.10. The lowest BCUT2D eigenvalue weighted by Gasteiger charge is -2.16. The summed E-state index contributed by atoms with van der Waals surface area (Å²) < 4.78 is 27.3. The Bertz CT molecular complexity index is 568. The van der Waals surface area contributed by atoms with E-state index in [4.69, 9.17) is 0 Å². The van der Waals surface area contributed by atoms with Gasteiger partial charge in [-0.05, 0) is 48.4 Å². The second-order valence-corrected chi connectivity index (χ2v) is 7.53. The van der Waals surface area contributed by atoms with E-state index in [-0.39, 0.29) is 11.5 Å². The van der Waals surface area contributed by atoms with Gasteiger partial charge in [0.2, 0.25) is 10.0 Å². The molecule has 2 unspecified atom stereocenters. The standard InChI is InChI=1S/C15H23NO3S/c1-11-4-3-5-13(11)9-16-20(18,19)15-7-6-12(2)14(8-15)10-17/h6-8,11,13,16-17H,3-5,9-10H2,1-2H3. The lowest BCUT2D eigenvalue weighted by atomic mass is 9.99. The highest BCUT2D eigenvalue weighted by Gasteiger charge is 2.25. The van der Waals surface area contributed by atoms with Gasteiger partial charge in [-0.15, -0.1) is 0 Å². The van der Waals surface area contributed by atoms with Gasteiger partial charge in [0.15, 0.2) is 0 Å². The minimum Gasteiger partial charge on any atom is -0.392 e. The molecular formula is C15H23NO3S. The van der Waals surface area contributed by atoms with Crippen molar-refractivity contribution >= 4 is 10.0 Å². The van der Waals surface area contributed by atoms with Crippen LogP contribution in [0.25, 0.3) is 0 Å². The Kier molecular flexibility index (Phi) is 4.83. The SMILES string of the molecule is Cc1ccc(S(=O)(=O)NCC2CCCC2C)cc1CO. The molecule has 1 aliphatic carbocycles. The third-order valence-corrected chi connectivity index (χ3v) is 5.80. The first-order valence-electron chi connectivity index (χ1n) is 7.14. The summed E-state index contributed by atoms with van der Waals surface area (Å²) in [6.07, 6.45) is 3.47. The molecule has 0 aromatic heterocycles. The van der Waals surface area contributed by atoms with Gasteiger partial charge in [-0.25, -0.2) is 13.1 Å². The van der Waals surface area contributed by atoms with Gasteiger partial charge >= 0.3 is 0 Å². The van der Waals surface area contributed by atoms with Crippen LogP contribution in [0.15, 0.2) is 23.1 Å². The minimum atomic E-state index is -3.48. The van der Waals surface area contributed by atoms with E-state index in [1.54, 1.807) is 18.2 Å². The van der Waals surface area contributed by atoms with Crippen molar-refractivity contribution in [1.29, 1.82) is 0 Å². The molecule has 1 aromatic carbocycles. The van der Waals surface area contributed by atoms with Crippen LogP contribution in [0.4, 0.5) is 0 Å². The number of aliphatic hydroxyl groups is 1. The van der Waals surface area contributed by atoms with Gasteiger partial charge in [0.25, 0.3) is 0 Å². The third-order valence-electron chi connectivity index (χ3n) is 4.38. The molecule has 0 bridgehead atoms. The van der Waals surface area contributed by atoms with Crippen LogP contribution in [0.3, 0.4) is 0 Å². The Morgan fingerprint density at radius 3 is 2.70 bits per heavy atom. The van der Waals surface area contributed by atoms with Gasteiger partial charge in [0.1, 0.15) is 0 Å². The summed E-state index contributed by atoms with van der Waals surface area (Å²) in [6, 6.07) is 4.88. The van der Waals surface area contributed by atoms with E-state index >= 15 is 0 Å². The number of nitrogens with one attached hydrogen (secondary N) is 1. The molecule has 5 heteroatoms. The second kappa shape index (κ2) is 6.24. The molecule has 2 rings (SSSR count).